The van der Waals surface area contributed by atoms with Crippen LogP contribution in [0.5, 0.6) is 0 Å². The molecule has 0 atom stereocenters. The molecule has 0 bridgehead atoms. The molecule has 0 N–H and O–H groups in total. The fourth-order valence-corrected chi connectivity index (χ4v) is 4.63. The molecule has 0 heterocycles. The quantitative estimate of drug-likeness (QED) is 0.285. The molecule has 3 rings (SSSR count). The van der Waals surface area contributed by atoms with Crippen molar-refractivity contribution in [2.75, 3.05) is 0 Å². The average Bonchev–Trinajstić information content (AvgIpc) is 2.82. The fraction of sp³-hybridized carbons (Fsp3) is 0.484. The van der Waals surface area contributed by atoms with E-state index in [0.717, 1.165) is 11.5 Å². The molecule has 2 aromatic carbocycles. The molecule has 31 heavy (non-hydrogen) atoms. The zero-order valence-electron chi connectivity index (χ0n) is 19.7. The summed E-state index contributed by atoms with van der Waals surface area (Å²) < 4.78 is 0. The first-order chi connectivity index (χ1) is 15.3. The lowest BCUT2D eigenvalue weighted by atomic mass is 9.78. The van der Waals surface area contributed by atoms with Crippen LogP contribution < -0.4 is 0 Å². The van der Waals surface area contributed by atoms with Gasteiger partial charge in [-0.1, -0.05) is 87.4 Å². The summed E-state index contributed by atoms with van der Waals surface area (Å²) in [5.41, 5.74) is 5.59. The van der Waals surface area contributed by atoms with Crippen molar-refractivity contribution in [3.05, 3.63) is 82.9 Å². The number of hydrogen-bond donors (Lipinski definition) is 0. The van der Waals surface area contributed by atoms with Gasteiger partial charge >= 0.3 is 0 Å². The van der Waals surface area contributed by atoms with Gasteiger partial charge in [0.25, 0.3) is 0 Å². The normalized spacial score (nSPS) is 18.6. The van der Waals surface area contributed by atoms with E-state index in [-0.39, 0.29) is 0 Å². The van der Waals surface area contributed by atoms with Gasteiger partial charge in [0.2, 0.25) is 0 Å². The van der Waals surface area contributed by atoms with E-state index in [1.54, 1.807) is 5.56 Å². The molecule has 2 aromatic rings. The highest BCUT2D eigenvalue weighted by Crippen LogP contribution is 2.36. The van der Waals surface area contributed by atoms with E-state index in [4.69, 9.17) is 0 Å². The molecule has 0 nitrogen and oxygen atoms in total. The second-order valence-electron chi connectivity index (χ2n) is 9.24. The highest BCUT2D eigenvalue weighted by Gasteiger charge is 2.20. The maximum Gasteiger partial charge on any atom is 0.0249 e. The van der Waals surface area contributed by atoms with Crippen LogP contribution in [0.2, 0.25) is 0 Å². The molecule has 1 aliphatic carbocycles. The van der Waals surface area contributed by atoms with Crippen molar-refractivity contribution in [3.63, 3.8) is 0 Å². The largest absolute Gasteiger partial charge is 0.0730 e. The summed E-state index contributed by atoms with van der Waals surface area (Å²) in [4.78, 5) is 0. The summed E-state index contributed by atoms with van der Waals surface area (Å²) in [5.74, 6) is 7.98. The van der Waals surface area contributed by atoms with E-state index in [1.165, 1.54) is 81.8 Å². The van der Waals surface area contributed by atoms with Gasteiger partial charge in [0.15, 0.2) is 0 Å². The van der Waals surface area contributed by atoms with Crippen molar-refractivity contribution in [3.8, 4) is 11.8 Å². The maximum absolute atomic E-state index is 3.30. The fourth-order valence-electron chi connectivity index (χ4n) is 4.63. The predicted octanol–water partition coefficient (Wildman–Crippen LogP) is 8.64. The average molecular weight is 413 g/mol. The van der Waals surface area contributed by atoms with Crippen molar-refractivity contribution < 1.29 is 0 Å². The Bertz CT molecular complexity index is 834. The lowest BCUT2D eigenvalue weighted by molar-refractivity contribution is 0.376. The van der Waals surface area contributed by atoms with Crippen LogP contribution in [0.3, 0.4) is 0 Å². The molecule has 0 aliphatic heterocycles. The molecule has 164 valence electrons. The Morgan fingerprint density at radius 3 is 2.00 bits per heavy atom. The standard InChI is InChI=1S/C31H40/c1-3-5-7-11-27-14-16-28(17-15-27)12-8-9-13-29-20-24-31(25-21-29)30-22-18-26(19-23-30)10-6-4-2/h9,13-19,22-23,29,31H,3-7,10-11,20-21,24-25H2,1-2H3/t29-,31-. The molecule has 1 aliphatic rings. The molecule has 0 heteroatoms. The van der Waals surface area contributed by atoms with Gasteiger partial charge < -0.3 is 0 Å². The third-order valence-corrected chi connectivity index (χ3v) is 6.73. The smallest absolute Gasteiger partial charge is 0.0249 e. The van der Waals surface area contributed by atoms with Crippen LogP contribution in [0.4, 0.5) is 0 Å². The van der Waals surface area contributed by atoms with Gasteiger partial charge in [-0.25, -0.2) is 0 Å². The Morgan fingerprint density at radius 1 is 0.742 bits per heavy atom. The van der Waals surface area contributed by atoms with Crippen LogP contribution in [0.25, 0.3) is 0 Å². The predicted molar refractivity (Wildman–Crippen MR) is 135 cm³/mol. The van der Waals surface area contributed by atoms with Crippen molar-refractivity contribution in [1.29, 1.82) is 0 Å². The van der Waals surface area contributed by atoms with Gasteiger partial charge in [-0.05, 0) is 98.1 Å². The molecule has 1 saturated carbocycles. The van der Waals surface area contributed by atoms with E-state index >= 15 is 0 Å². The Morgan fingerprint density at radius 2 is 1.35 bits per heavy atom. The second kappa shape index (κ2) is 13.2. The Balaban J connectivity index is 1.42. The highest BCUT2D eigenvalue weighted by atomic mass is 14.3. The Labute approximate surface area is 191 Å². The van der Waals surface area contributed by atoms with Gasteiger partial charge in [-0.15, -0.1) is 0 Å². The van der Waals surface area contributed by atoms with Crippen LogP contribution in [0, 0.1) is 17.8 Å². The number of benzene rings is 2. The number of hydrogen-bond acceptors (Lipinski definition) is 0. The van der Waals surface area contributed by atoms with E-state index in [2.05, 4.69) is 86.4 Å². The van der Waals surface area contributed by atoms with E-state index in [1.807, 2.05) is 0 Å². The van der Waals surface area contributed by atoms with Crippen molar-refractivity contribution >= 4 is 0 Å². The summed E-state index contributed by atoms with van der Waals surface area (Å²) >= 11 is 0. The number of allylic oxidation sites excluding steroid dienone is 2. The lowest BCUT2D eigenvalue weighted by Crippen LogP contribution is -2.11. The molecule has 0 spiro atoms. The Kier molecular flexibility index (Phi) is 9.98. The third-order valence-electron chi connectivity index (χ3n) is 6.73. The van der Waals surface area contributed by atoms with Gasteiger partial charge in [0, 0.05) is 5.56 Å². The van der Waals surface area contributed by atoms with Gasteiger partial charge in [0.05, 0.1) is 0 Å². The third kappa shape index (κ3) is 8.06. The first kappa shape index (κ1) is 23.4. The topological polar surface area (TPSA) is 0 Å². The molecule has 0 unspecified atom stereocenters. The van der Waals surface area contributed by atoms with E-state index in [0.29, 0.717) is 5.92 Å². The second-order valence-corrected chi connectivity index (χ2v) is 9.24. The summed E-state index contributed by atoms with van der Waals surface area (Å²) in [6.45, 7) is 4.52. The molecule has 0 saturated heterocycles. The number of rotatable bonds is 9. The molecule has 0 amide bonds. The molecule has 1 fully saturated rings. The first-order valence-corrected chi connectivity index (χ1v) is 12.6. The Hall–Kier alpha value is -2.26. The van der Waals surface area contributed by atoms with Crippen LogP contribution in [-0.2, 0) is 12.8 Å². The number of aryl methyl sites for hydroxylation is 2. The molecule has 0 aromatic heterocycles. The molecular weight excluding hydrogens is 372 g/mol. The zero-order valence-corrected chi connectivity index (χ0v) is 19.7. The van der Waals surface area contributed by atoms with Crippen LogP contribution in [0.15, 0.2) is 60.7 Å². The minimum absolute atomic E-state index is 0.690. The van der Waals surface area contributed by atoms with Crippen LogP contribution >= 0.6 is 0 Å². The molecular formula is C31H40. The van der Waals surface area contributed by atoms with Crippen LogP contribution in [-0.4, -0.2) is 0 Å². The van der Waals surface area contributed by atoms with E-state index in [9.17, 15) is 0 Å². The molecule has 0 radical (unpaired) electrons. The minimum atomic E-state index is 0.690. The van der Waals surface area contributed by atoms with Crippen LogP contribution in [0.1, 0.15) is 99.8 Å². The SMILES string of the molecule is CCCCCc1ccc(C#CC=C[C@H]2CC[C@H](c3ccc(CCCC)cc3)CC2)cc1. The van der Waals surface area contributed by atoms with E-state index < -0.39 is 0 Å². The maximum atomic E-state index is 3.30. The summed E-state index contributed by atoms with van der Waals surface area (Å²) in [6, 6.07) is 18.3. The summed E-state index contributed by atoms with van der Waals surface area (Å²) in [7, 11) is 0. The van der Waals surface area contributed by atoms with Crippen molar-refractivity contribution in [2.24, 2.45) is 5.92 Å². The monoisotopic (exact) mass is 412 g/mol. The summed E-state index contributed by atoms with van der Waals surface area (Å²) in [6.07, 6.45) is 18.5. The van der Waals surface area contributed by atoms with Crippen molar-refractivity contribution in [2.45, 2.75) is 90.4 Å². The summed E-state index contributed by atoms with van der Waals surface area (Å²) in [5, 5.41) is 0. The highest BCUT2D eigenvalue weighted by molar-refractivity contribution is 5.38. The first-order valence-electron chi connectivity index (χ1n) is 12.6. The zero-order chi connectivity index (χ0) is 21.7. The minimum Gasteiger partial charge on any atom is -0.0730 e. The van der Waals surface area contributed by atoms with Gasteiger partial charge in [0.1, 0.15) is 0 Å². The van der Waals surface area contributed by atoms with Gasteiger partial charge in [-0.2, -0.15) is 0 Å². The van der Waals surface area contributed by atoms with Gasteiger partial charge in [-0.3, -0.25) is 0 Å². The number of unbranched alkanes of at least 4 members (excludes halogenated alkanes) is 3. The van der Waals surface area contributed by atoms with Crippen molar-refractivity contribution in [1.82, 2.24) is 0 Å². The lowest BCUT2D eigenvalue weighted by Gasteiger charge is -2.27.